The summed E-state index contributed by atoms with van der Waals surface area (Å²) in [5.74, 6) is 0.995. The first kappa shape index (κ1) is 14.2. The van der Waals surface area contributed by atoms with Crippen LogP contribution >= 0.6 is 11.8 Å². The van der Waals surface area contributed by atoms with Crippen LogP contribution in [0.5, 0.6) is 0 Å². The maximum absolute atomic E-state index is 12.4. The number of hydrogen-bond acceptors (Lipinski definition) is 4. The lowest BCUT2D eigenvalue weighted by Crippen LogP contribution is -2.40. The Hall–Kier alpha value is -1.20. The zero-order valence-electron chi connectivity index (χ0n) is 11.6. The average molecular weight is 280 g/mol. The van der Waals surface area contributed by atoms with Crippen LogP contribution in [-0.2, 0) is 9.53 Å². The number of ether oxygens (including phenoxy) is 1. The number of carbonyl (C=O) groups is 1. The van der Waals surface area contributed by atoms with E-state index in [1.54, 1.807) is 18.9 Å². The summed E-state index contributed by atoms with van der Waals surface area (Å²) in [5.41, 5.74) is 6.99. The van der Waals surface area contributed by atoms with Gasteiger partial charge < -0.3 is 15.4 Å². The van der Waals surface area contributed by atoms with E-state index in [9.17, 15) is 4.79 Å². The Morgan fingerprint density at radius 3 is 2.95 bits per heavy atom. The zero-order valence-corrected chi connectivity index (χ0v) is 12.4. The van der Waals surface area contributed by atoms with Gasteiger partial charge in [0, 0.05) is 30.0 Å². The number of nitrogens with zero attached hydrogens (tertiary/aromatic N) is 1. The lowest BCUT2D eigenvalue weighted by molar-refractivity contribution is -0.123. The number of nitrogens with two attached hydrogens (primary N) is 1. The van der Waals surface area contributed by atoms with E-state index in [1.807, 2.05) is 36.9 Å². The summed E-state index contributed by atoms with van der Waals surface area (Å²) in [4.78, 5) is 15.4. The first-order valence-electron chi connectivity index (χ1n) is 6.31. The highest BCUT2D eigenvalue weighted by Crippen LogP contribution is 2.36. The fourth-order valence-corrected chi connectivity index (χ4v) is 3.00. The third-order valence-corrected chi connectivity index (χ3v) is 4.32. The van der Waals surface area contributed by atoms with Crippen LogP contribution in [0.25, 0.3) is 0 Å². The molecule has 0 saturated heterocycles. The van der Waals surface area contributed by atoms with Crippen molar-refractivity contribution in [3.8, 4) is 0 Å². The van der Waals surface area contributed by atoms with E-state index in [-0.39, 0.29) is 5.91 Å². The molecule has 0 radical (unpaired) electrons. The monoisotopic (exact) mass is 280 g/mol. The van der Waals surface area contributed by atoms with E-state index in [4.69, 9.17) is 10.5 Å². The van der Waals surface area contributed by atoms with Gasteiger partial charge in [-0.05, 0) is 32.0 Å². The second-order valence-corrected chi connectivity index (χ2v) is 6.40. The molecule has 5 heteroatoms. The molecule has 104 valence electrons. The highest BCUT2D eigenvalue weighted by molar-refractivity contribution is 7.99. The summed E-state index contributed by atoms with van der Waals surface area (Å²) in [6, 6.07) is 5.73. The van der Waals surface area contributed by atoms with Gasteiger partial charge in [0.25, 0.3) is 0 Å². The normalized spacial score (nSPS) is 15.2. The summed E-state index contributed by atoms with van der Waals surface area (Å²) < 4.78 is 5.33. The van der Waals surface area contributed by atoms with Crippen LogP contribution in [0, 0.1) is 0 Å². The molecule has 0 aliphatic carbocycles. The van der Waals surface area contributed by atoms with Crippen molar-refractivity contribution in [3.63, 3.8) is 0 Å². The Kier molecular flexibility index (Phi) is 4.06. The Labute approximate surface area is 118 Å². The minimum Gasteiger partial charge on any atom is -0.399 e. The molecule has 0 saturated carbocycles. The molecule has 2 rings (SSSR count). The van der Waals surface area contributed by atoms with Crippen molar-refractivity contribution < 1.29 is 9.53 Å². The maximum Gasteiger partial charge on any atom is 0.229 e. The van der Waals surface area contributed by atoms with E-state index < -0.39 is 5.60 Å². The lowest BCUT2D eigenvalue weighted by atomic mass is 10.0. The number of rotatable bonds is 3. The predicted molar refractivity (Wildman–Crippen MR) is 79.6 cm³/mol. The van der Waals surface area contributed by atoms with E-state index >= 15 is 0 Å². The van der Waals surface area contributed by atoms with Gasteiger partial charge in [0.1, 0.15) is 0 Å². The smallest absolute Gasteiger partial charge is 0.229 e. The molecule has 1 aromatic carbocycles. The number of anilines is 2. The Bertz CT molecular complexity index is 488. The van der Waals surface area contributed by atoms with Gasteiger partial charge in [-0.25, -0.2) is 0 Å². The van der Waals surface area contributed by atoms with Crippen LogP contribution < -0.4 is 10.6 Å². The molecule has 0 aromatic heterocycles. The molecule has 1 heterocycles. The predicted octanol–water partition coefficient (Wildman–Crippen LogP) is 2.52. The van der Waals surface area contributed by atoms with Crippen LogP contribution in [0.2, 0.25) is 0 Å². The summed E-state index contributed by atoms with van der Waals surface area (Å²) in [6.07, 6.45) is 0.363. The van der Waals surface area contributed by atoms with Crippen LogP contribution in [0.1, 0.15) is 20.3 Å². The van der Waals surface area contributed by atoms with Gasteiger partial charge in [0.05, 0.1) is 17.7 Å². The zero-order chi connectivity index (χ0) is 14.0. The molecule has 1 aliphatic rings. The third-order valence-electron chi connectivity index (χ3n) is 3.28. The molecule has 0 unspecified atom stereocenters. The molecule has 4 nitrogen and oxygen atoms in total. The minimum absolute atomic E-state index is 0.0824. The van der Waals surface area contributed by atoms with Gasteiger partial charge in [0.2, 0.25) is 5.91 Å². The fraction of sp³-hybridized carbons (Fsp3) is 0.500. The van der Waals surface area contributed by atoms with Crippen molar-refractivity contribution >= 4 is 29.0 Å². The minimum atomic E-state index is -0.442. The van der Waals surface area contributed by atoms with Gasteiger partial charge in [-0.3, -0.25) is 4.79 Å². The molecule has 2 N–H and O–H groups in total. The van der Waals surface area contributed by atoms with Gasteiger partial charge in [-0.1, -0.05) is 0 Å². The molecular formula is C14H20N2O2S. The van der Waals surface area contributed by atoms with Crippen molar-refractivity contribution in [2.24, 2.45) is 0 Å². The Morgan fingerprint density at radius 1 is 1.53 bits per heavy atom. The number of nitrogen functional groups attached to an aromatic ring is 1. The van der Waals surface area contributed by atoms with E-state index in [0.717, 1.165) is 22.9 Å². The van der Waals surface area contributed by atoms with Crippen molar-refractivity contribution in [1.29, 1.82) is 0 Å². The standard InChI is InChI=1S/C14H20N2O2S/c1-14(2,18-3)9-13(17)16-6-7-19-12-5-4-10(15)8-11(12)16/h4-5,8H,6-7,9,15H2,1-3H3. The number of hydrogen-bond donors (Lipinski definition) is 1. The van der Waals surface area contributed by atoms with Crippen LogP contribution in [0.4, 0.5) is 11.4 Å². The lowest BCUT2D eigenvalue weighted by Gasteiger charge is -2.32. The highest BCUT2D eigenvalue weighted by atomic mass is 32.2. The van der Waals surface area contributed by atoms with Crippen molar-refractivity contribution in [1.82, 2.24) is 0 Å². The first-order chi connectivity index (χ1) is 8.93. The molecule has 1 aromatic rings. The van der Waals surface area contributed by atoms with Crippen LogP contribution in [0.15, 0.2) is 23.1 Å². The van der Waals surface area contributed by atoms with E-state index in [1.165, 1.54) is 0 Å². The highest BCUT2D eigenvalue weighted by Gasteiger charge is 2.28. The molecule has 0 atom stereocenters. The Morgan fingerprint density at radius 2 is 2.26 bits per heavy atom. The molecule has 0 fully saturated rings. The SMILES string of the molecule is COC(C)(C)CC(=O)N1CCSc2ccc(N)cc21. The molecule has 1 amide bonds. The van der Waals surface area contributed by atoms with E-state index in [2.05, 4.69) is 0 Å². The summed E-state index contributed by atoms with van der Waals surface area (Å²) >= 11 is 1.76. The quantitative estimate of drug-likeness (QED) is 0.864. The molecular weight excluding hydrogens is 260 g/mol. The van der Waals surface area contributed by atoms with E-state index in [0.29, 0.717) is 12.1 Å². The van der Waals surface area contributed by atoms with Gasteiger partial charge >= 0.3 is 0 Å². The number of thioether (sulfide) groups is 1. The van der Waals surface area contributed by atoms with Gasteiger partial charge in [-0.2, -0.15) is 0 Å². The number of benzene rings is 1. The van der Waals surface area contributed by atoms with Crippen LogP contribution in [0.3, 0.4) is 0 Å². The number of carbonyl (C=O) groups excluding carboxylic acids is 1. The maximum atomic E-state index is 12.4. The van der Waals surface area contributed by atoms with Crippen molar-refractivity contribution in [3.05, 3.63) is 18.2 Å². The summed E-state index contributed by atoms with van der Waals surface area (Å²) in [6.45, 7) is 4.56. The second-order valence-electron chi connectivity index (χ2n) is 5.26. The number of fused-ring (bicyclic) bond motifs is 1. The third kappa shape index (κ3) is 3.22. The summed E-state index contributed by atoms with van der Waals surface area (Å²) in [5, 5.41) is 0. The van der Waals surface area contributed by atoms with Crippen molar-refractivity contribution in [2.45, 2.75) is 30.8 Å². The van der Waals surface area contributed by atoms with Crippen molar-refractivity contribution in [2.75, 3.05) is 30.0 Å². The second kappa shape index (κ2) is 5.43. The Balaban J connectivity index is 2.23. The van der Waals surface area contributed by atoms with Gasteiger partial charge in [0.15, 0.2) is 0 Å². The number of methoxy groups -OCH3 is 1. The fourth-order valence-electron chi connectivity index (χ4n) is 2.03. The molecule has 0 spiro atoms. The average Bonchev–Trinajstić information content (AvgIpc) is 2.37. The molecule has 0 bridgehead atoms. The van der Waals surface area contributed by atoms with Crippen LogP contribution in [-0.4, -0.2) is 30.9 Å². The topological polar surface area (TPSA) is 55.6 Å². The first-order valence-corrected chi connectivity index (χ1v) is 7.29. The number of amides is 1. The summed E-state index contributed by atoms with van der Waals surface area (Å²) in [7, 11) is 1.63. The van der Waals surface area contributed by atoms with Gasteiger partial charge in [-0.15, -0.1) is 11.8 Å². The largest absolute Gasteiger partial charge is 0.399 e. The molecule has 19 heavy (non-hydrogen) atoms. The molecule has 1 aliphatic heterocycles.